The van der Waals surface area contributed by atoms with Gasteiger partial charge in [0.15, 0.2) is 5.78 Å². The summed E-state index contributed by atoms with van der Waals surface area (Å²) in [6.07, 6.45) is 6.93. The SMILES string of the molecule is O=C1c2ccsc2CCC1CCCCCBr. The molecule has 3 heteroatoms. The number of hydrogen-bond acceptors (Lipinski definition) is 2. The molecule has 0 radical (unpaired) electrons. The van der Waals surface area contributed by atoms with E-state index in [9.17, 15) is 4.79 Å². The molecular formula is C13H17BrOS. The summed E-state index contributed by atoms with van der Waals surface area (Å²) in [6.45, 7) is 0. The van der Waals surface area contributed by atoms with Crippen molar-refractivity contribution in [1.29, 1.82) is 0 Å². The Balaban J connectivity index is 1.87. The molecule has 0 spiro atoms. The van der Waals surface area contributed by atoms with Gasteiger partial charge >= 0.3 is 0 Å². The predicted molar refractivity (Wildman–Crippen MR) is 72.7 cm³/mol. The molecule has 88 valence electrons. The zero-order valence-electron chi connectivity index (χ0n) is 9.38. The molecule has 1 unspecified atom stereocenters. The Kier molecular flexibility index (Phi) is 4.59. The van der Waals surface area contributed by atoms with Gasteiger partial charge in [-0.3, -0.25) is 4.79 Å². The molecule has 1 heterocycles. The number of halogens is 1. The highest BCUT2D eigenvalue weighted by molar-refractivity contribution is 9.09. The highest BCUT2D eigenvalue weighted by Gasteiger charge is 2.27. The Hall–Kier alpha value is -0.150. The first-order valence-corrected chi connectivity index (χ1v) is 7.99. The molecule has 0 amide bonds. The van der Waals surface area contributed by atoms with Gasteiger partial charge < -0.3 is 0 Å². The highest BCUT2D eigenvalue weighted by atomic mass is 79.9. The first kappa shape index (κ1) is 12.3. The van der Waals surface area contributed by atoms with Crippen molar-refractivity contribution in [3.63, 3.8) is 0 Å². The highest BCUT2D eigenvalue weighted by Crippen LogP contribution is 2.31. The van der Waals surface area contributed by atoms with Crippen LogP contribution in [0.3, 0.4) is 0 Å². The van der Waals surface area contributed by atoms with Crippen LogP contribution in [0.2, 0.25) is 0 Å². The number of alkyl halides is 1. The molecule has 1 atom stereocenters. The lowest BCUT2D eigenvalue weighted by Crippen LogP contribution is -2.21. The van der Waals surface area contributed by atoms with Crippen LogP contribution >= 0.6 is 27.3 Å². The maximum atomic E-state index is 12.1. The Bertz CT molecular complexity index is 359. The maximum absolute atomic E-state index is 12.1. The zero-order chi connectivity index (χ0) is 11.4. The maximum Gasteiger partial charge on any atom is 0.167 e. The number of carbonyl (C=O) groups excluding carboxylic acids is 1. The van der Waals surface area contributed by atoms with Crippen LogP contribution in [0.5, 0.6) is 0 Å². The molecule has 0 saturated heterocycles. The largest absolute Gasteiger partial charge is 0.294 e. The molecule has 0 aromatic carbocycles. The predicted octanol–water partition coefficient (Wildman–Crippen LogP) is 4.45. The molecule has 0 saturated carbocycles. The third-order valence-corrected chi connectivity index (χ3v) is 4.83. The topological polar surface area (TPSA) is 17.1 Å². The lowest BCUT2D eigenvalue weighted by Gasteiger charge is -2.20. The molecule has 1 aliphatic carbocycles. The van der Waals surface area contributed by atoms with E-state index in [4.69, 9.17) is 0 Å². The first-order valence-electron chi connectivity index (χ1n) is 5.99. The Morgan fingerprint density at radius 2 is 2.25 bits per heavy atom. The van der Waals surface area contributed by atoms with Gasteiger partial charge in [-0.1, -0.05) is 28.8 Å². The van der Waals surface area contributed by atoms with Crippen molar-refractivity contribution >= 4 is 33.0 Å². The fourth-order valence-corrected chi connectivity index (χ4v) is 3.64. The summed E-state index contributed by atoms with van der Waals surface area (Å²) in [6, 6.07) is 2.01. The second kappa shape index (κ2) is 5.97. The number of rotatable bonds is 5. The first-order chi connectivity index (χ1) is 7.83. The van der Waals surface area contributed by atoms with Gasteiger partial charge in [0, 0.05) is 21.7 Å². The van der Waals surface area contributed by atoms with Gasteiger partial charge in [-0.2, -0.15) is 0 Å². The second-order valence-corrected chi connectivity index (χ2v) is 6.19. The summed E-state index contributed by atoms with van der Waals surface area (Å²) in [5.41, 5.74) is 1.02. The van der Waals surface area contributed by atoms with E-state index in [1.165, 1.54) is 24.1 Å². The molecular weight excluding hydrogens is 284 g/mol. The normalized spacial score (nSPS) is 19.8. The fraction of sp³-hybridized carbons (Fsp3) is 0.615. The van der Waals surface area contributed by atoms with Crippen molar-refractivity contribution in [2.24, 2.45) is 5.92 Å². The van der Waals surface area contributed by atoms with E-state index in [1.54, 1.807) is 11.3 Å². The summed E-state index contributed by atoms with van der Waals surface area (Å²) < 4.78 is 0. The average molecular weight is 301 g/mol. The summed E-state index contributed by atoms with van der Waals surface area (Å²) in [7, 11) is 0. The van der Waals surface area contributed by atoms with E-state index in [0.29, 0.717) is 11.7 Å². The Labute approximate surface area is 109 Å². The average Bonchev–Trinajstić information content (AvgIpc) is 2.76. The van der Waals surface area contributed by atoms with Crippen molar-refractivity contribution in [3.05, 3.63) is 21.9 Å². The molecule has 1 aromatic rings. The number of unbranched alkanes of at least 4 members (excludes halogenated alkanes) is 2. The van der Waals surface area contributed by atoms with Gasteiger partial charge in [-0.15, -0.1) is 11.3 Å². The fourth-order valence-electron chi connectivity index (χ4n) is 2.35. The van der Waals surface area contributed by atoms with Crippen LogP contribution in [0.15, 0.2) is 11.4 Å². The van der Waals surface area contributed by atoms with Gasteiger partial charge in [0.2, 0.25) is 0 Å². The minimum atomic E-state index is 0.303. The van der Waals surface area contributed by atoms with E-state index in [0.717, 1.165) is 30.2 Å². The van der Waals surface area contributed by atoms with Crippen LogP contribution in [0, 0.1) is 5.92 Å². The van der Waals surface area contributed by atoms with E-state index < -0.39 is 0 Å². The summed E-state index contributed by atoms with van der Waals surface area (Å²) in [5.74, 6) is 0.707. The van der Waals surface area contributed by atoms with Crippen LogP contribution in [-0.2, 0) is 6.42 Å². The van der Waals surface area contributed by atoms with Crippen molar-refractivity contribution in [3.8, 4) is 0 Å². The smallest absolute Gasteiger partial charge is 0.167 e. The number of fused-ring (bicyclic) bond motifs is 1. The van der Waals surface area contributed by atoms with E-state index in [2.05, 4.69) is 21.3 Å². The Morgan fingerprint density at radius 3 is 3.06 bits per heavy atom. The molecule has 1 nitrogen and oxygen atoms in total. The molecule has 2 rings (SSSR count). The minimum Gasteiger partial charge on any atom is -0.294 e. The molecule has 0 bridgehead atoms. The van der Waals surface area contributed by atoms with Crippen LogP contribution < -0.4 is 0 Å². The van der Waals surface area contributed by atoms with Gasteiger partial charge in [0.05, 0.1) is 0 Å². The van der Waals surface area contributed by atoms with E-state index in [1.807, 2.05) is 6.07 Å². The Morgan fingerprint density at radius 1 is 1.38 bits per heavy atom. The van der Waals surface area contributed by atoms with Crippen LogP contribution in [0.4, 0.5) is 0 Å². The number of carbonyl (C=O) groups is 1. The number of ketones is 1. The van der Waals surface area contributed by atoms with Crippen molar-refractivity contribution in [2.45, 2.75) is 38.5 Å². The second-order valence-electron chi connectivity index (χ2n) is 4.40. The number of Topliss-reactive ketones (excluding diaryl/α,β-unsaturated/α-hetero) is 1. The summed E-state index contributed by atoms with van der Waals surface area (Å²) in [5, 5.41) is 3.13. The van der Waals surface area contributed by atoms with E-state index >= 15 is 0 Å². The molecule has 0 aliphatic heterocycles. The van der Waals surface area contributed by atoms with Gasteiger partial charge in [0.1, 0.15) is 0 Å². The zero-order valence-corrected chi connectivity index (χ0v) is 11.8. The third-order valence-electron chi connectivity index (χ3n) is 3.29. The van der Waals surface area contributed by atoms with Crippen molar-refractivity contribution in [1.82, 2.24) is 0 Å². The number of aryl methyl sites for hydroxylation is 1. The van der Waals surface area contributed by atoms with Crippen LogP contribution in [0.25, 0.3) is 0 Å². The van der Waals surface area contributed by atoms with Crippen LogP contribution in [-0.4, -0.2) is 11.1 Å². The van der Waals surface area contributed by atoms with Crippen LogP contribution in [0.1, 0.15) is 47.3 Å². The molecule has 1 aromatic heterocycles. The van der Waals surface area contributed by atoms with Crippen molar-refractivity contribution in [2.75, 3.05) is 5.33 Å². The summed E-state index contributed by atoms with van der Waals surface area (Å²) >= 11 is 5.17. The number of thiophene rings is 1. The molecule has 0 N–H and O–H groups in total. The summed E-state index contributed by atoms with van der Waals surface area (Å²) in [4.78, 5) is 13.4. The number of hydrogen-bond donors (Lipinski definition) is 0. The lowest BCUT2D eigenvalue weighted by molar-refractivity contribution is 0.0894. The lowest BCUT2D eigenvalue weighted by atomic mass is 9.84. The van der Waals surface area contributed by atoms with Crippen molar-refractivity contribution < 1.29 is 4.79 Å². The monoisotopic (exact) mass is 300 g/mol. The quantitative estimate of drug-likeness (QED) is 0.580. The standard InChI is InChI=1S/C13H17BrOS/c14-8-3-1-2-4-10-5-6-12-11(13(10)15)7-9-16-12/h7,9-10H,1-6,8H2. The van der Waals surface area contributed by atoms with E-state index in [-0.39, 0.29) is 0 Å². The van der Waals surface area contributed by atoms with Gasteiger partial charge in [0.25, 0.3) is 0 Å². The molecule has 1 aliphatic rings. The molecule has 0 fully saturated rings. The van der Waals surface area contributed by atoms with Gasteiger partial charge in [-0.25, -0.2) is 0 Å². The van der Waals surface area contributed by atoms with Gasteiger partial charge in [-0.05, 0) is 37.1 Å². The molecule has 16 heavy (non-hydrogen) atoms. The minimum absolute atomic E-state index is 0.303. The third kappa shape index (κ3) is 2.75.